The number of carboxylic acids is 1. The molecule has 0 aliphatic carbocycles. The predicted molar refractivity (Wildman–Crippen MR) is 35.5 cm³/mol. The fourth-order valence-corrected chi connectivity index (χ4v) is 0.984. The Morgan fingerprint density at radius 2 is 2.00 bits per heavy atom. The topological polar surface area (TPSA) is 124 Å². The molecule has 4 N–H and O–H groups in total. The van der Waals surface area contributed by atoms with Crippen LogP contribution >= 0.6 is 0 Å². The second kappa shape index (κ2) is 3.29. The van der Waals surface area contributed by atoms with Crippen LogP contribution in [0.15, 0.2) is 0 Å². The third-order valence-corrected chi connectivity index (χ3v) is 1.72. The van der Waals surface area contributed by atoms with Crippen molar-refractivity contribution in [2.75, 3.05) is 0 Å². The largest absolute Gasteiger partial charge is 0.479 e. The highest BCUT2D eigenvalue weighted by molar-refractivity contribution is 5.80. The fourth-order valence-electron chi connectivity index (χ4n) is 0.984. The van der Waals surface area contributed by atoms with Crippen molar-refractivity contribution in [1.29, 1.82) is 0 Å². The first kappa shape index (κ1) is 9.90. The molecular formula is C6H8O7. The van der Waals surface area contributed by atoms with E-state index in [1.54, 1.807) is 0 Å². The van der Waals surface area contributed by atoms with Crippen LogP contribution in [0.1, 0.15) is 0 Å². The summed E-state index contributed by atoms with van der Waals surface area (Å²) in [4.78, 5) is 20.8. The Bertz CT molecular complexity index is 237. The first-order valence-electron chi connectivity index (χ1n) is 3.42. The minimum atomic E-state index is -2.03. The van der Waals surface area contributed by atoms with Gasteiger partial charge in [0.1, 0.15) is 6.10 Å². The van der Waals surface area contributed by atoms with Crippen LogP contribution in [-0.4, -0.2) is 56.8 Å². The second-order valence-electron chi connectivity index (χ2n) is 2.62. The van der Waals surface area contributed by atoms with Crippen LogP contribution in [0.5, 0.6) is 0 Å². The Hall–Kier alpha value is -1.18. The summed E-state index contributed by atoms with van der Waals surface area (Å²) < 4.78 is 4.24. The van der Waals surface area contributed by atoms with Gasteiger partial charge in [-0.05, 0) is 0 Å². The molecule has 0 aromatic carbocycles. The van der Waals surface area contributed by atoms with Crippen LogP contribution in [0.3, 0.4) is 0 Å². The van der Waals surface area contributed by atoms with Gasteiger partial charge in [-0.15, -0.1) is 0 Å². The Kier molecular flexibility index (Phi) is 2.50. The summed E-state index contributed by atoms with van der Waals surface area (Å²) in [6, 6.07) is 0. The van der Waals surface area contributed by atoms with Crippen molar-refractivity contribution in [2.24, 2.45) is 0 Å². The number of carbonyl (C=O) groups is 2. The molecule has 0 radical (unpaired) electrons. The van der Waals surface area contributed by atoms with Gasteiger partial charge in [-0.25, -0.2) is 9.59 Å². The highest BCUT2D eigenvalue weighted by atomic mass is 16.6. The van der Waals surface area contributed by atoms with Gasteiger partial charge in [-0.3, -0.25) is 0 Å². The van der Waals surface area contributed by atoms with Gasteiger partial charge >= 0.3 is 11.9 Å². The lowest BCUT2D eigenvalue weighted by Gasteiger charge is -2.15. The molecule has 1 aliphatic heterocycles. The number of aliphatic carboxylic acids is 1. The summed E-state index contributed by atoms with van der Waals surface area (Å²) in [6.45, 7) is 0. The Morgan fingerprint density at radius 3 is 2.31 bits per heavy atom. The molecule has 13 heavy (non-hydrogen) atoms. The number of carbonyl (C=O) groups excluding carboxylic acids is 1. The van der Waals surface area contributed by atoms with E-state index in [0.717, 1.165) is 0 Å². The third-order valence-electron chi connectivity index (χ3n) is 1.72. The molecule has 1 aliphatic rings. The minimum Gasteiger partial charge on any atom is -0.479 e. The SMILES string of the molecule is O=C1OC([C@@H](O)C(=O)O)[C@H](O)[C@@H]1O. The standard InChI is InChI=1S/C6H8O7/c7-1-2(8)6(12)13-4(1)3(9)5(10)11/h1-4,7-9H,(H,10,11)/t1-,2+,3-,4?/m1/s1. The third kappa shape index (κ3) is 1.62. The highest BCUT2D eigenvalue weighted by Gasteiger charge is 2.48. The molecule has 1 heterocycles. The van der Waals surface area contributed by atoms with Gasteiger partial charge in [-0.1, -0.05) is 0 Å². The summed E-state index contributed by atoms with van der Waals surface area (Å²) in [5, 5.41) is 35.0. The van der Waals surface area contributed by atoms with Crippen LogP contribution in [0.2, 0.25) is 0 Å². The second-order valence-corrected chi connectivity index (χ2v) is 2.62. The van der Waals surface area contributed by atoms with Crippen LogP contribution in [0.25, 0.3) is 0 Å². The van der Waals surface area contributed by atoms with Crippen molar-refractivity contribution in [3.63, 3.8) is 0 Å². The molecule has 1 rings (SSSR count). The van der Waals surface area contributed by atoms with Crippen molar-refractivity contribution in [3.8, 4) is 0 Å². The highest BCUT2D eigenvalue weighted by Crippen LogP contribution is 2.18. The van der Waals surface area contributed by atoms with E-state index in [-0.39, 0.29) is 0 Å². The van der Waals surface area contributed by atoms with E-state index < -0.39 is 36.4 Å². The number of hydrogen-bond acceptors (Lipinski definition) is 6. The monoisotopic (exact) mass is 192 g/mol. The fraction of sp³-hybridized carbons (Fsp3) is 0.667. The molecular weight excluding hydrogens is 184 g/mol. The lowest BCUT2D eigenvalue weighted by molar-refractivity contribution is -0.161. The molecule has 1 unspecified atom stereocenters. The molecule has 7 nitrogen and oxygen atoms in total. The van der Waals surface area contributed by atoms with Gasteiger partial charge in [0.15, 0.2) is 18.3 Å². The van der Waals surface area contributed by atoms with Crippen LogP contribution in [0, 0.1) is 0 Å². The van der Waals surface area contributed by atoms with E-state index in [9.17, 15) is 9.59 Å². The molecule has 74 valence electrons. The minimum absolute atomic E-state index is 1.14. The Morgan fingerprint density at radius 1 is 1.46 bits per heavy atom. The van der Waals surface area contributed by atoms with E-state index in [0.29, 0.717) is 0 Å². The Labute approximate surface area is 72.2 Å². The lowest BCUT2D eigenvalue weighted by Crippen LogP contribution is -2.42. The first-order chi connectivity index (χ1) is 5.95. The lowest BCUT2D eigenvalue weighted by atomic mass is 10.1. The maximum Gasteiger partial charge on any atom is 0.338 e. The number of aliphatic hydroxyl groups is 3. The average molecular weight is 192 g/mol. The van der Waals surface area contributed by atoms with Gasteiger partial charge in [0, 0.05) is 0 Å². The first-order valence-corrected chi connectivity index (χ1v) is 3.42. The predicted octanol–water partition coefficient (Wildman–Crippen LogP) is -2.92. The molecule has 0 aromatic rings. The molecule has 1 saturated heterocycles. The van der Waals surface area contributed by atoms with E-state index in [1.165, 1.54) is 0 Å². The van der Waals surface area contributed by atoms with Crippen molar-refractivity contribution < 1.29 is 34.8 Å². The zero-order chi connectivity index (χ0) is 10.2. The summed E-state index contributed by atoms with van der Waals surface area (Å²) in [7, 11) is 0. The number of ether oxygens (including phenoxy) is 1. The summed E-state index contributed by atoms with van der Waals surface area (Å²) in [6.07, 6.45) is -7.14. The number of hydrogen-bond donors (Lipinski definition) is 4. The van der Waals surface area contributed by atoms with E-state index in [1.807, 2.05) is 0 Å². The molecule has 0 spiro atoms. The van der Waals surface area contributed by atoms with Gasteiger partial charge in [0.2, 0.25) is 0 Å². The summed E-state index contributed by atoms with van der Waals surface area (Å²) in [5.41, 5.74) is 0. The zero-order valence-corrected chi connectivity index (χ0v) is 6.32. The van der Waals surface area contributed by atoms with Gasteiger partial charge < -0.3 is 25.2 Å². The number of rotatable bonds is 2. The summed E-state index contributed by atoms with van der Waals surface area (Å²) in [5.74, 6) is -2.77. The molecule has 1 fully saturated rings. The smallest absolute Gasteiger partial charge is 0.338 e. The van der Waals surface area contributed by atoms with Gasteiger partial charge in [0.05, 0.1) is 0 Å². The molecule has 0 bridgehead atoms. The Balaban J connectivity index is 2.73. The summed E-state index contributed by atoms with van der Waals surface area (Å²) >= 11 is 0. The number of aliphatic hydroxyl groups excluding tert-OH is 3. The van der Waals surface area contributed by atoms with Crippen molar-refractivity contribution in [1.82, 2.24) is 0 Å². The van der Waals surface area contributed by atoms with Gasteiger partial charge in [0.25, 0.3) is 0 Å². The van der Waals surface area contributed by atoms with Crippen LogP contribution in [-0.2, 0) is 14.3 Å². The van der Waals surface area contributed by atoms with Crippen LogP contribution < -0.4 is 0 Å². The molecule has 0 amide bonds. The number of carboxylic acid groups (broad SMARTS) is 1. The zero-order valence-electron chi connectivity index (χ0n) is 6.32. The van der Waals surface area contributed by atoms with Crippen molar-refractivity contribution in [2.45, 2.75) is 24.4 Å². The van der Waals surface area contributed by atoms with Crippen LogP contribution in [0.4, 0.5) is 0 Å². The molecule has 0 saturated carbocycles. The van der Waals surface area contributed by atoms with E-state index >= 15 is 0 Å². The normalized spacial score (nSPS) is 35.6. The maximum atomic E-state index is 10.6. The van der Waals surface area contributed by atoms with Gasteiger partial charge in [-0.2, -0.15) is 0 Å². The van der Waals surface area contributed by atoms with Crippen molar-refractivity contribution >= 4 is 11.9 Å². The number of cyclic esters (lactones) is 1. The average Bonchev–Trinajstić information content (AvgIpc) is 2.31. The molecule has 0 aromatic heterocycles. The maximum absolute atomic E-state index is 10.6. The van der Waals surface area contributed by atoms with E-state index in [2.05, 4.69) is 4.74 Å². The molecule has 4 atom stereocenters. The molecule has 7 heteroatoms. The van der Waals surface area contributed by atoms with Crippen molar-refractivity contribution in [3.05, 3.63) is 0 Å². The quantitative estimate of drug-likeness (QED) is 0.345. The number of esters is 1. The van der Waals surface area contributed by atoms with E-state index in [4.69, 9.17) is 20.4 Å².